The maximum Gasteiger partial charge on any atom is 0.320 e. The van der Waals surface area contributed by atoms with Crippen LogP contribution in [0.1, 0.15) is 37.3 Å². The number of ether oxygens (including phenoxy) is 1. The summed E-state index contributed by atoms with van der Waals surface area (Å²) in [6.45, 7) is 2.80. The van der Waals surface area contributed by atoms with E-state index in [-0.39, 0.29) is 24.8 Å². The van der Waals surface area contributed by atoms with Crippen molar-refractivity contribution in [1.82, 2.24) is 25.4 Å². The van der Waals surface area contributed by atoms with E-state index in [1.807, 2.05) is 0 Å². The van der Waals surface area contributed by atoms with Crippen molar-refractivity contribution in [2.75, 3.05) is 39.8 Å². The number of carbonyl (C=O) groups is 3. The molecule has 3 rings (SSSR count). The van der Waals surface area contributed by atoms with Crippen LogP contribution in [0.5, 0.6) is 5.88 Å². The first-order chi connectivity index (χ1) is 15.0. The number of urea groups is 1. The van der Waals surface area contributed by atoms with Gasteiger partial charge in [0, 0.05) is 51.4 Å². The van der Waals surface area contributed by atoms with Gasteiger partial charge in [-0.25, -0.2) is 9.78 Å². The Balaban J connectivity index is 1.54. The lowest BCUT2D eigenvalue weighted by atomic mass is 10.0. The minimum atomic E-state index is -0.997. The largest absolute Gasteiger partial charge is 0.481 e. The molecular weight excluding hydrogens is 404 g/mol. The normalized spacial score (nSPS) is 17.1. The molecule has 0 saturated carbocycles. The zero-order valence-corrected chi connectivity index (χ0v) is 17.5. The maximum absolute atomic E-state index is 12.9. The lowest BCUT2D eigenvalue weighted by Crippen LogP contribution is -2.43. The number of pyridine rings is 1. The van der Waals surface area contributed by atoms with Crippen LogP contribution in [0.25, 0.3) is 0 Å². The van der Waals surface area contributed by atoms with Gasteiger partial charge in [0.05, 0.1) is 19.6 Å². The number of carboxylic acids is 1. The summed E-state index contributed by atoms with van der Waals surface area (Å²) in [7, 11) is 1.50. The number of methoxy groups -OCH3 is 1. The van der Waals surface area contributed by atoms with Crippen LogP contribution in [0.15, 0.2) is 23.3 Å². The number of nitrogens with one attached hydrogen (secondary N) is 2. The number of guanidine groups is 1. The summed E-state index contributed by atoms with van der Waals surface area (Å²) in [5.41, 5.74) is 0.638. The summed E-state index contributed by atoms with van der Waals surface area (Å²) < 4.78 is 5.05. The van der Waals surface area contributed by atoms with Crippen molar-refractivity contribution in [2.45, 2.75) is 31.7 Å². The monoisotopic (exact) mass is 432 g/mol. The first-order valence-electron chi connectivity index (χ1n) is 10.3. The van der Waals surface area contributed by atoms with Crippen LogP contribution in [0, 0.1) is 0 Å². The Kier molecular flexibility index (Phi) is 7.63. The molecule has 11 nitrogen and oxygen atoms in total. The number of nitrogens with zero attached hydrogens (tertiary/aromatic N) is 4. The first kappa shape index (κ1) is 22.3. The fraction of sp³-hybridized carbons (Fsp3) is 0.550. The summed E-state index contributed by atoms with van der Waals surface area (Å²) >= 11 is 0. The number of rotatable bonds is 9. The van der Waals surface area contributed by atoms with Gasteiger partial charge in [-0.15, -0.1) is 0 Å². The predicted octanol–water partition coefficient (Wildman–Crippen LogP) is 0.589. The van der Waals surface area contributed by atoms with Crippen molar-refractivity contribution in [2.24, 2.45) is 4.99 Å². The smallest absolute Gasteiger partial charge is 0.320 e. The number of carboxylic acid groups (broad SMARTS) is 1. The zero-order valence-electron chi connectivity index (χ0n) is 17.5. The van der Waals surface area contributed by atoms with Crippen molar-refractivity contribution < 1.29 is 24.2 Å². The van der Waals surface area contributed by atoms with E-state index >= 15 is 0 Å². The van der Waals surface area contributed by atoms with Crippen molar-refractivity contribution in [3.05, 3.63) is 23.9 Å². The number of aliphatic carboxylic acids is 1. The Morgan fingerprint density at radius 2 is 2.19 bits per heavy atom. The second-order valence-electron chi connectivity index (χ2n) is 7.37. The number of aromatic nitrogens is 1. The highest BCUT2D eigenvalue weighted by Gasteiger charge is 2.35. The van der Waals surface area contributed by atoms with E-state index in [9.17, 15) is 19.5 Å². The van der Waals surface area contributed by atoms with Crippen LogP contribution < -0.4 is 15.4 Å². The van der Waals surface area contributed by atoms with Crippen LogP contribution in [0.2, 0.25) is 0 Å². The SMILES string of the molecule is COc1ccc(C(CC(=O)O)N2CCN(CCCC(=O)NC3=NCCCN3)C2=O)cn1. The second kappa shape index (κ2) is 10.6. The van der Waals surface area contributed by atoms with Gasteiger partial charge in [0.1, 0.15) is 0 Å². The molecule has 11 heteroatoms. The van der Waals surface area contributed by atoms with Crippen LogP contribution in [0.4, 0.5) is 4.79 Å². The standard InChI is InChI=1S/C20H28N6O5/c1-31-17-6-5-14(13-23-17)15(12-18(28)29)26-11-10-25(20(26)30)9-2-4-16(27)24-19-21-7-3-8-22-19/h5-6,13,15H,2-4,7-12H2,1H3,(H,28,29)(H2,21,22,24,27). The lowest BCUT2D eigenvalue weighted by molar-refractivity contribution is -0.138. The number of hydrogen-bond donors (Lipinski definition) is 3. The fourth-order valence-electron chi connectivity index (χ4n) is 3.62. The van der Waals surface area contributed by atoms with Crippen molar-refractivity contribution in [3.63, 3.8) is 0 Å². The van der Waals surface area contributed by atoms with E-state index in [0.29, 0.717) is 50.0 Å². The Morgan fingerprint density at radius 1 is 1.35 bits per heavy atom. The van der Waals surface area contributed by atoms with Gasteiger partial charge in [0.15, 0.2) is 5.96 Å². The van der Waals surface area contributed by atoms with Crippen molar-refractivity contribution in [1.29, 1.82) is 0 Å². The van der Waals surface area contributed by atoms with Crippen LogP contribution in [-0.2, 0) is 9.59 Å². The minimum Gasteiger partial charge on any atom is -0.481 e. The molecule has 1 atom stereocenters. The third-order valence-electron chi connectivity index (χ3n) is 5.21. The topological polar surface area (TPSA) is 136 Å². The molecule has 168 valence electrons. The summed E-state index contributed by atoms with van der Waals surface area (Å²) in [4.78, 5) is 47.9. The maximum atomic E-state index is 12.9. The van der Waals surface area contributed by atoms with Crippen molar-refractivity contribution in [3.8, 4) is 5.88 Å². The van der Waals surface area contributed by atoms with E-state index in [2.05, 4.69) is 20.6 Å². The molecule has 0 bridgehead atoms. The fourth-order valence-corrected chi connectivity index (χ4v) is 3.62. The zero-order chi connectivity index (χ0) is 22.2. The minimum absolute atomic E-state index is 0.148. The van der Waals surface area contributed by atoms with Crippen molar-refractivity contribution >= 4 is 23.9 Å². The number of amides is 3. The Hall–Kier alpha value is -3.37. The quantitative estimate of drug-likeness (QED) is 0.519. The van der Waals surface area contributed by atoms with Gasteiger partial charge in [-0.2, -0.15) is 0 Å². The Labute approximate surface area is 180 Å². The summed E-state index contributed by atoms with van der Waals surface area (Å²) in [5, 5.41) is 15.1. The van der Waals surface area contributed by atoms with Crippen LogP contribution in [-0.4, -0.2) is 83.6 Å². The second-order valence-corrected chi connectivity index (χ2v) is 7.37. The van der Waals surface area contributed by atoms with Gasteiger partial charge in [-0.3, -0.25) is 19.9 Å². The summed E-state index contributed by atoms with van der Waals surface area (Å²) in [5.74, 6) is -0.225. The molecule has 3 heterocycles. The van der Waals surface area contributed by atoms with Gasteiger partial charge in [0.25, 0.3) is 0 Å². The first-order valence-corrected chi connectivity index (χ1v) is 10.3. The van der Waals surface area contributed by atoms with E-state index in [0.717, 1.165) is 13.0 Å². The highest BCUT2D eigenvalue weighted by Crippen LogP contribution is 2.28. The third kappa shape index (κ3) is 6.06. The van der Waals surface area contributed by atoms with E-state index in [4.69, 9.17) is 4.74 Å². The van der Waals surface area contributed by atoms with Crippen LogP contribution in [0.3, 0.4) is 0 Å². The molecule has 3 N–H and O–H groups in total. The van der Waals surface area contributed by atoms with E-state index in [1.54, 1.807) is 21.9 Å². The van der Waals surface area contributed by atoms with E-state index in [1.165, 1.54) is 13.3 Å². The average Bonchev–Trinajstić information content (AvgIpc) is 3.13. The van der Waals surface area contributed by atoms with Gasteiger partial charge in [-0.1, -0.05) is 6.07 Å². The van der Waals surface area contributed by atoms with Gasteiger partial charge < -0.3 is 25.0 Å². The van der Waals surface area contributed by atoms with Gasteiger partial charge in [0.2, 0.25) is 11.8 Å². The third-order valence-corrected chi connectivity index (χ3v) is 5.21. The predicted molar refractivity (Wildman–Crippen MR) is 112 cm³/mol. The van der Waals surface area contributed by atoms with Gasteiger partial charge in [-0.05, 0) is 18.4 Å². The molecule has 3 amide bonds. The molecule has 1 fully saturated rings. The highest BCUT2D eigenvalue weighted by atomic mass is 16.5. The molecule has 0 aliphatic carbocycles. The highest BCUT2D eigenvalue weighted by molar-refractivity contribution is 5.97. The molecule has 0 spiro atoms. The summed E-state index contributed by atoms with van der Waals surface area (Å²) in [6.07, 6.45) is 3.04. The van der Waals surface area contributed by atoms with Crippen LogP contribution >= 0.6 is 0 Å². The molecule has 0 radical (unpaired) electrons. The molecule has 1 aromatic rings. The lowest BCUT2D eigenvalue weighted by Gasteiger charge is -2.27. The average molecular weight is 432 g/mol. The molecule has 0 aromatic carbocycles. The molecule has 31 heavy (non-hydrogen) atoms. The molecule has 2 aliphatic rings. The number of hydrogen-bond acceptors (Lipinski definition) is 7. The molecule has 1 saturated heterocycles. The molecular formula is C20H28N6O5. The Bertz CT molecular complexity index is 828. The number of aliphatic imine (C=N–C) groups is 1. The molecule has 1 unspecified atom stereocenters. The van der Waals surface area contributed by atoms with E-state index < -0.39 is 12.0 Å². The van der Waals surface area contributed by atoms with Gasteiger partial charge >= 0.3 is 12.0 Å². The molecule has 2 aliphatic heterocycles. The molecule has 1 aromatic heterocycles. The Morgan fingerprint density at radius 3 is 2.84 bits per heavy atom. The number of carbonyl (C=O) groups excluding carboxylic acids is 2. The summed E-state index contributed by atoms with van der Waals surface area (Å²) in [6, 6.07) is 2.52.